The normalized spacial score (nSPS) is 28.2. The lowest BCUT2D eigenvalue weighted by Gasteiger charge is -2.30. The number of hydrogen-bond acceptors (Lipinski definition) is 3. The molecule has 50 valence electrons. The van der Waals surface area contributed by atoms with E-state index in [-0.39, 0.29) is 6.04 Å². The van der Waals surface area contributed by atoms with Gasteiger partial charge in [-0.15, -0.1) is 0 Å². The molecule has 0 bridgehead atoms. The highest BCUT2D eigenvalue weighted by atomic mass is 15.1. The topological polar surface area (TPSA) is 47.9 Å². The van der Waals surface area contributed by atoms with Gasteiger partial charge in [-0.05, 0) is 20.0 Å². The van der Waals surface area contributed by atoms with E-state index in [1.54, 1.807) is 0 Å². The van der Waals surface area contributed by atoms with Crippen LogP contribution in [-0.4, -0.2) is 25.7 Å². The van der Waals surface area contributed by atoms with E-state index in [0.717, 1.165) is 13.0 Å². The van der Waals surface area contributed by atoms with Crippen molar-refractivity contribution in [2.24, 2.45) is 0 Å². The van der Waals surface area contributed by atoms with Gasteiger partial charge in [0.25, 0.3) is 0 Å². The maximum Gasteiger partial charge on any atom is 0.111 e. The van der Waals surface area contributed by atoms with Crippen LogP contribution in [0, 0.1) is 11.3 Å². The summed E-state index contributed by atoms with van der Waals surface area (Å²) in [5.41, 5.74) is 0. The van der Waals surface area contributed by atoms with Gasteiger partial charge in [-0.25, -0.2) is 0 Å². The molecule has 0 spiro atoms. The molecule has 1 heterocycles. The molecule has 0 aromatic carbocycles. The molecule has 1 aliphatic heterocycles. The Kier molecular flexibility index (Phi) is 2.04. The number of nitrogens with one attached hydrogen (secondary N) is 2. The van der Waals surface area contributed by atoms with Gasteiger partial charge < -0.3 is 10.6 Å². The minimum absolute atomic E-state index is 0.00116. The Hall–Kier alpha value is -0.590. The standard InChI is InChI=1S/C6H11N3/c1-8-6(4-7)5-2-3-9-5/h5-6,8-9H,2-3H2,1H3. The molecule has 0 amide bonds. The number of nitrogens with zero attached hydrogens (tertiary/aromatic N) is 1. The smallest absolute Gasteiger partial charge is 0.111 e. The molecular formula is C6H11N3. The molecule has 1 fully saturated rings. The van der Waals surface area contributed by atoms with Crippen molar-refractivity contribution in [2.45, 2.75) is 18.5 Å². The highest BCUT2D eigenvalue weighted by molar-refractivity contribution is 5.01. The summed E-state index contributed by atoms with van der Waals surface area (Å²) in [7, 11) is 1.81. The molecule has 2 unspecified atom stereocenters. The molecule has 9 heavy (non-hydrogen) atoms. The number of hydrogen-bond donors (Lipinski definition) is 2. The Labute approximate surface area is 55.1 Å². The van der Waals surface area contributed by atoms with E-state index >= 15 is 0 Å². The van der Waals surface area contributed by atoms with E-state index in [1.807, 2.05) is 7.05 Å². The summed E-state index contributed by atoms with van der Waals surface area (Å²) in [5, 5.41) is 14.6. The molecular weight excluding hydrogens is 114 g/mol. The molecule has 0 aliphatic carbocycles. The van der Waals surface area contributed by atoms with Gasteiger partial charge in [0.05, 0.1) is 6.07 Å². The van der Waals surface area contributed by atoms with Crippen LogP contribution >= 0.6 is 0 Å². The van der Waals surface area contributed by atoms with Crippen LogP contribution in [0.5, 0.6) is 0 Å². The van der Waals surface area contributed by atoms with Crippen LogP contribution in [0.4, 0.5) is 0 Å². The highest BCUT2D eigenvalue weighted by Crippen LogP contribution is 2.05. The monoisotopic (exact) mass is 125 g/mol. The minimum atomic E-state index is -0.00116. The second-order valence-electron chi connectivity index (χ2n) is 2.24. The molecule has 1 aliphatic rings. The molecule has 1 rings (SSSR count). The fraction of sp³-hybridized carbons (Fsp3) is 0.833. The fourth-order valence-corrected chi connectivity index (χ4v) is 0.951. The van der Waals surface area contributed by atoms with Crippen LogP contribution in [0.3, 0.4) is 0 Å². The van der Waals surface area contributed by atoms with Gasteiger partial charge in [-0.3, -0.25) is 0 Å². The van der Waals surface area contributed by atoms with E-state index in [2.05, 4.69) is 16.7 Å². The lowest BCUT2D eigenvalue weighted by Crippen LogP contribution is -2.54. The first-order valence-corrected chi connectivity index (χ1v) is 3.18. The molecule has 0 aromatic rings. The molecule has 3 nitrogen and oxygen atoms in total. The zero-order chi connectivity index (χ0) is 6.69. The fourth-order valence-electron chi connectivity index (χ4n) is 0.951. The van der Waals surface area contributed by atoms with Crippen LogP contribution < -0.4 is 10.6 Å². The molecule has 0 aromatic heterocycles. The van der Waals surface area contributed by atoms with Crippen molar-refractivity contribution >= 4 is 0 Å². The second-order valence-corrected chi connectivity index (χ2v) is 2.24. The average Bonchev–Trinajstić information content (AvgIpc) is 1.78. The quantitative estimate of drug-likeness (QED) is 0.521. The lowest BCUT2D eigenvalue weighted by molar-refractivity contribution is 0.325. The zero-order valence-corrected chi connectivity index (χ0v) is 5.52. The minimum Gasteiger partial charge on any atom is -0.311 e. The summed E-state index contributed by atoms with van der Waals surface area (Å²) in [5.74, 6) is 0. The van der Waals surface area contributed by atoms with Crippen molar-refractivity contribution in [3.63, 3.8) is 0 Å². The molecule has 3 heteroatoms. The second kappa shape index (κ2) is 2.81. The van der Waals surface area contributed by atoms with Gasteiger partial charge in [-0.2, -0.15) is 5.26 Å². The number of likely N-dealkylation sites (N-methyl/N-ethyl adjacent to an activating group) is 1. The predicted molar refractivity (Wildman–Crippen MR) is 34.9 cm³/mol. The molecule has 1 saturated heterocycles. The van der Waals surface area contributed by atoms with Gasteiger partial charge in [-0.1, -0.05) is 0 Å². The summed E-state index contributed by atoms with van der Waals surface area (Å²) in [6.45, 7) is 1.06. The van der Waals surface area contributed by atoms with Gasteiger partial charge in [0.2, 0.25) is 0 Å². The van der Waals surface area contributed by atoms with Crippen LogP contribution in [0.25, 0.3) is 0 Å². The van der Waals surface area contributed by atoms with Gasteiger partial charge in [0.15, 0.2) is 0 Å². The van der Waals surface area contributed by atoms with E-state index in [0.29, 0.717) is 6.04 Å². The van der Waals surface area contributed by atoms with Crippen LogP contribution in [-0.2, 0) is 0 Å². The molecule has 0 saturated carbocycles. The van der Waals surface area contributed by atoms with Gasteiger partial charge in [0, 0.05) is 6.04 Å². The number of nitriles is 1. The Morgan fingerprint density at radius 3 is 2.67 bits per heavy atom. The summed E-state index contributed by atoms with van der Waals surface area (Å²) < 4.78 is 0. The maximum absolute atomic E-state index is 8.51. The first-order chi connectivity index (χ1) is 4.38. The third kappa shape index (κ3) is 1.21. The third-order valence-electron chi connectivity index (χ3n) is 1.71. The van der Waals surface area contributed by atoms with E-state index in [9.17, 15) is 0 Å². The van der Waals surface area contributed by atoms with Crippen molar-refractivity contribution in [3.8, 4) is 6.07 Å². The SMILES string of the molecule is CNC(C#N)C1CCN1. The zero-order valence-electron chi connectivity index (χ0n) is 5.52. The average molecular weight is 125 g/mol. The summed E-state index contributed by atoms with van der Waals surface area (Å²) in [4.78, 5) is 0. The maximum atomic E-state index is 8.51. The first kappa shape index (κ1) is 6.53. The van der Waals surface area contributed by atoms with E-state index < -0.39 is 0 Å². The lowest BCUT2D eigenvalue weighted by atomic mass is 10.00. The first-order valence-electron chi connectivity index (χ1n) is 3.18. The Bertz CT molecular complexity index is 123. The summed E-state index contributed by atoms with van der Waals surface area (Å²) >= 11 is 0. The van der Waals surface area contributed by atoms with E-state index in [4.69, 9.17) is 5.26 Å². The summed E-state index contributed by atoms with van der Waals surface area (Å²) in [6.07, 6.45) is 1.12. The van der Waals surface area contributed by atoms with Crippen molar-refractivity contribution in [1.82, 2.24) is 10.6 Å². The van der Waals surface area contributed by atoms with Gasteiger partial charge >= 0.3 is 0 Å². The van der Waals surface area contributed by atoms with Crippen molar-refractivity contribution < 1.29 is 0 Å². The van der Waals surface area contributed by atoms with Crippen LogP contribution in [0.15, 0.2) is 0 Å². The van der Waals surface area contributed by atoms with Crippen molar-refractivity contribution in [1.29, 1.82) is 5.26 Å². The number of rotatable bonds is 2. The Morgan fingerprint density at radius 2 is 2.56 bits per heavy atom. The Balaban J connectivity index is 2.30. The third-order valence-corrected chi connectivity index (χ3v) is 1.71. The highest BCUT2D eigenvalue weighted by Gasteiger charge is 2.24. The van der Waals surface area contributed by atoms with Crippen molar-refractivity contribution in [2.75, 3.05) is 13.6 Å². The van der Waals surface area contributed by atoms with Crippen LogP contribution in [0.1, 0.15) is 6.42 Å². The molecule has 2 atom stereocenters. The molecule has 2 N–H and O–H groups in total. The van der Waals surface area contributed by atoms with E-state index in [1.165, 1.54) is 0 Å². The van der Waals surface area contributed by atoms with Gasteiger partial charge in [0.1, 0.15) is 6.04 Å². The van der Waals surface area contributed by atoms with Crippen molar-refractivity contribution in [3.05, 3.63) is 0 Å². The Morgan fingerprint density at radius 1 is 1.89 bits per heavy atom. The predicted octanol–water partition coefficient (Wildman–Crippen LogP) is -0.540. The molecule has 0 radical (unpaired) electrons. The summed E-state index contributed by atoms with van der Waals surface area (Å²) in [6, 6.07) is 2.57. The largest absolute Gasteiger partial charge is 0.311 e. The van der Waals surface area contributed by atoms with Crippen LogP contribution in [0.2, 0.25) is 0 Å².